The minimum Gasteiger partial charge on any atom is -0.377 e. The molecule has 0 aliphatic rings. The number of nitrogens with zero attached hydrogens (tertiary/aromatic N) is 2. The highest BCUT2D eigenvalue weighted by molar-refractivity contribution is 5.04. The average molecular weight is 253 g/mol. The van der Waals surface area contributed by atoms with Crippen LogP contribution in [0.5, 0.6) is 0 Å². The van der Waals surface area contributed by atoms with Gasteiger partial charge in [0.15, 0.2) is 0 Å². The third-order valence-corrected chi connectivity index (χ3v) is 2.76. The van der Waals surface area contributed by atoms with Crippen molar-refractivity contribution in [2.45, 2.75) is 53.8 Å². The largest absolute Gasteiger partial charge is 0.377 e. The van der Waals surface area contributed by atoms with Crippen LogP contribution in [0.25, 0.3) is 0 Å². The van der Waals surface area contributed by atoms with Crippen molar-refractivity contribution in [3.05, 3.63) is 17.7 Å². The van der Waals surface area contributed by atoms with Gasteiger partial charge >= 0.3 is 0 Å². The summed E-state index contributed by atoms with van der Waals surface area (Å²) in [6.07, 6.45) is 2.24. The highest BCUT2D eigenvalue weighted by Crippen LogP contribution is 2.05. The Hall–Kier alpha value is -0.870. The van der Waals surface area contributed by atoms with Crippen LogP contribution < -0.4 is 5.32 Å². The van der Waals surface area contributed by atoms with Crippen molar-refractivity contribution in [1.82, 2.24) is 14.9 Å². The molecule has 1 aromatic heterocycles. The van der Waals surface area contributed by atoms with Crippen LogP contribution in [0.15, 0.2) is 6.20 Å². The van der Waals surface area contributed by atoms with E-state index in [0.717, 1.165) is 32.1 Å². The van der Waals surface area contributed by atoms with Crippen molar-refractivity contribution < 1.29 is 4.74 Å². The Labute approximate surface area is 111 Å². The first-order valence-corrected chi connectivity index (χ1v) is 6.84. The van der Waals surface area contributed by atoms with Gasteiger partial charge in [0.25, 0.3) is 0 Å². The monoisotopic (exact) mass is 253 g/mol. The number of ether oxygens (including phenoxy) is 1. The lowest BCUT2D eigenvalue weighted by Crippen LogP contribution is -2.22. The zero-order chi connectivity index (χ0) is 13.5. The van der Waals surface area contributed by atoms with Gasteiger partial charge in [-0.2, -0.15) is 0 Å². The van der Waals surface area contributed by atoms with E-state index in [1.165, 1.54) is 5.69 Å². The quantitative estimate of drug-likeness (QED) is 0.773. The molecule has 0 unspecified atom stereocenters. The smallest absolute Gasteiger partial charge is 0.105 e. The Kier molecular flexibility index (Phi) is 6.36. The molecule has 0 radical (unpaired) electrons. The Bertz CT molecular complexity index is 345. The molecule has 18 heavy (non-hydrogen) atoms. The Morgan fingerprint density at radius 1 is 1.33 bits per heavy atom. The summed E-state index contributed by atoms with van der Waals surface area (Å²) in [4.78, 5) is 4.38. The van der Waals surface area contributed by atoms with Crippen LogP contribution >= 0.6 is 0 Å². The summed E-state index contributed by atoms with van der Waals surface area (Å²) in [5, 5.41) is 3.45. The number of hydrogen-bond donors (Lipinski definition) is 1. The SMILES string of the molecule is Cc1ncc(CNCC(C)C)n1CCOC(C)C. The van der Waals surface area contributed by atoms with Crippen molar-refractivity contribution in [2.75, 3.05) is 13.2 Å². The number of aryl methyl sites for hydroxylation is 1. The van der Waals surface area contributed by atoms with Gasteiger partial charge in [-0.25, -0.2) is 4.98 Å². The molecular weight excluding hydrogens is 226 g/mol. The second-order valence-electron chi connectivity index (χ2n) is 5.39. The van der Waals surface area contributed by atoms with Gasteiger partial charge in [0.05, 0.1) is 18.4 Å². The van der Waals surface area contributed by atoms with E-state index in [1.54, 1.807) is 0 Å². The van der Waals surface area contributed by atoms with Crippen molar-refractivity contribution >= 4 is 0 Å². The second kappa shape index (κ2) is 7.54. The minimum absolute atomic E-state index is 0.288. The predicted octanol–water partition coefficient (Wildman–Crippen LogP) is 2.36. The van der Waals surface area contributed by atoms with Crippen LogP contribution in [0, 0.1) is 12.8 Å². The van der Waals surface area contributed by atoms with Gasteiger partial charge in [0.1, 0.15) is 5.82 Å². The molecule has 1 rings (SSSR count). The number of imidazole rings is 1. The fourth-order valence-electron chi connectivity index (χ4n) is 1.83. The summed E-state index contributed by atoms with van der Waals surface area (Å²) < 4.78 is 7.83. The van der Waals surface area contributed by atoms with E-state index in [9.17, 15) is 0 Å². The molecule has 0 aliphatic heterocycles. The standard InChI is InChI=1S/C14H27N3O/c1-11(2)8-15-9-14-10-16-13(5)17(14)6-7-18-12(3)4/h10-12,15H,6-9H2,1-5H3. The zero-order valence-electron chi connectivity index (χ0n) is 12.4. The van der Waals surface area contributed by atoms with Crippen LogP contribution in [-0.4, -0.2) is 28.8 Å². The maximum absolute atomic E-state index is 5.60. The van der Waals surface area contributed by atoms with Gasteiger partial charge in [-0.3, -0.25) is 0 Å². The van der Waals surface area contributed by atoms with Crippen molar-refractivity contribution in [1.29, 1.82) is 0 Å². The Morgan fingerprint density at radius 3 is 2.67 bits per heavy atom. The maximum atomic E-state index is 5.60. The first kappa shape index (κ1) is 15.2. The lowest BCUT2D eigenvalue weighted by Gasteiger charge is -2.13. The molecule has 0 amide bonds. The molecule has 4 nitrogen and oxygen atoms in total. The minimum atomic E-state index is 0.288. The maximum Gasteiger partial charge on any atom is 0.105 e. The van der Waals surface area contributed by atoms with E-state index in [2.05, 4.69) is 42.6 Å². The van der Waals surface area contributed by atoms with E-state index >= 15 is 0 Å². The molecule has 0 fully saturated rings. The lowest BCUT2D eigenvalue weighted by atomic mass is 10.2. The summed E-state index contributed by atoms with van der Waals surface area (Å²) in [7, 11) is 0. The summed E-state index contributed by atoms with van der Waals surface area (Å²) in [6, 6.07) is 0. The zero-order valence-corrected chi connectivity index (χ0v) is 12.4. The summed E-state index contributed by atoms with van der Waals surface area (Å²) in [6.45, 7) is 14.1. The molecular formula is C14H27N3O. The average Bonchev–Trinajstić information content (AvgIpc) is 2.60. The van der Waals surface area contributed by atoms with Gasteiger partial charge in [0, 0.05) is 19.3 Å². The molecule has 0 aromatic carbocycles. The highest BCUT2D eigenvalue weighted by Gasteiger charge is 2.06. The first-order valence-electron chi connectivity index (χ1n) is 6.84. The summed E-state index contributed by atoms with van der Waals surface area (Å²) in [5.41, 5.74) is 1.24. The van der Waals surface area contributed by atoms with E-state index in [0.29, 0.717) is 5.92 Å². The van der Waals surface area contributed by atoms with Gasteiger partial charge in [0.2, 0.25) is 0 Å². The van der Waals surface area contributed by atoms with Crippen LogP contribution in [0.1, 0.15) is 39.2 Å². The molecule has 0 saturated heterocycles. The van der Waals surface area contributed by atoms with Gasteiger partial charge < -0.3 is 14.6 Å². The molecule has 1 heterocycles. The number of hydrogen-bond acceptors (Lipinski definition) is 3. The van der Waals surface area contributed by atoms with E-state index in [1.807, 2.05) is 13.1 Å². The molecule has 0 atom stereocenters. The van der Waals surface area contributed by atoms with E-state index in [4.69, 9.17) is 4.74 Å². The van der Waals surface area contributed by atoms with Crippen molar-refractivity contribution in [3.63, 3.8) is 0 Å². The summed E-state index contributed by atoms with van der Waals surface area (Å²) in [5.74, 6) is 1.73. The molecule has 0 saturated carbocycles. The molecule has 0 bridgehead atoms. The van der Waals surface area contributed by atoms with E-state index in [-0.39, 0.29) is 6.10 Å². The van der Waals surface area contributed by atoms with Crippen molar-refractivity contribution in [2.24, 2.45) is 5.92 Å². The van der Waals surface area contributed by atoms with Gasteiger partial charge in [-0.1, -0.05) is 13.8 Å². The van der Waals surface area contributed by atoms with Crippen LogP contribution in [-0.2, 0) is 17.8 Å². The fourth-order valence-corrected chi connectivity index (χ4v) is 1.83. The summed E-state index contributed by atoms with van der Waals surface area (Å²) >= 11 is 0. The Morgan fingerprint density at radius 2 is 2.06 bits per heavy atom. The molecule has 0 aliphatic carbocycles. The second-order valence-corrected chi connectivity index (χ2v) is 5.39. The number of rotatable bonds is 8. The molecule has 1 aromatic rings. The number of aromatic nitrogens is 2. The fraction of sp³-hybridized carbons (Fsp3) is 0.786. The van der Waals surface area contributed by atoms with Gasteiger partial charge in [-0.05, 0) is 33.2 Å². The molecule has 0 spiro atoms. The topological polar surface area (TPSA) is 39.1 Å². The molecule has 104 valence electrons. The predicted molar refractivity (Wildman–Crippen MR) is 74.6 cm³/mol. The van der Waals surface area contributed by atoms with Crippen molar-refractivity contribution in [3.8, 4) is 0 Å². The lowest BCUT2D eigenvalue weighted by molar-refractivity contribution is 0.0720. The molecule has 4 heteroatoms. The Balaban J connectivity index is 2.47. The third-order valence-electron chi connectivity index (χ3n) is 2.76. The van der Waals surface area contributed by atoms with E-state index < -0.39 is 0 Å². The molecule has 1 N–H and O–H groups in total. The normalized spacial score (nSPS) is 11.7. The van der Waals surface area contributed by atoms with Crippen LogP contribution in [0.4, 0.5) is 0 Å². The highest BCUT2D eigenvalue weighted by atomic mass is 16.5. The first-order chi connectivity index (χ1) is 8.50. The van der Waals surface area contributed by atoms with Crippen LogP contribution in [0.2, 0.25) is 0 Å². The van der Waals surface area contributed by atoms with Crippen LogP contribution in [0.3, 0.4) is 0 Å². The number of nitrogens with one attached hydrogen (secondary N) is 1. The third kappa shape index (κ3) is 5.19. The van der Waals surface area contributed by atoms with Gasteiger partial charge in [-0.15, -0.1) is 0 Å².